The average Bonchev–Trinajstić information content (AvgIpc) is 3.41. The lowest BCUT2D eigenvalue weighted by molar-refractivity contribution is 0.472. The third-order valence-electron chi connectivity index (χ3n) is 17.6. The van der Waals surface area contributed by atoms with Crippen LogP contribution in [0.4, 0.5) is 22.7 Å². The van der Waals surface area contributed by atoms with Crippen LogP contribution in [0.5, 0.6) is 11.5 Å². The second-order valence-corrected chi connectivity index (χ2v) is 23.4. The normalized spacial score (nSPS) is 14.8. The fourth-order valence-electron chi connectivity index (χ4n) is 13.9. The van der Waals surface area contributed by atoms with Crippen molar-refractivity contribution in [2.75, 3.05) is 16.5 Å². The summed E-state index contributed by atoms with van der Waals surface area (Å²) in [7, 11) is 0. The minimum Gasteiger partial charge on any atom is -0.457 e. The van der Waals surface area contributed by atoms with Gasteiger partial charge in [-0.2, -0.15) is 0 Å². The maximum atomic E-state index is 7.61. The Balaban J connectivity index is 0.857. The molecule has 396 valence electrons. The highest BCUT2D eigenvalue weighted by Crippen LogP contribution is 2.61. The Kier molecular flexibility index (Phi) is 11.3. The molecule has 5 heteroatoms. The molecule has 11 aromatic carbocycles. The van der Waals surface area contributed by atoms with E-state index in [1.807, 2.05) is 6.20 Å². The van der Waals surface area contributed by atoms with E-state index in [4.69, 9.17) is 9.72 Å². The first-order valence-electron chi connectivity index (χ1n) is 28.9. The van der Waals surface area contributed by atoms with Gasteiger partial charge < -0.3 is 14.5 Å². The minimum atomic E-state index is -0.0665. The first-order chi connectivity index (χ1) is 40.8. The number of anilines is 4. The molecule has 0 saturated heterocycles. The summed E-state index contributed by atoms with van der Waals surface area (Å²) in [5.74, 6) is 2.51. The second kappa shape index (κ2) is 19.2. The lowest BCUT2D eigenvalue weighted by Gasteiger charge is -2.43. The van der Waals surface area contributed by atoms with E-state index in [0.717, 1.165) is 73.4 Å². The topological polar surface area (TPSA) is 33.5 Å². The Morgan fingerprint density at radius 3 is 1.57 bits per heavy atom. The van der Waals surface area contributed by atoms with Gasteiger partial charge in [0.2, 0.25) is 0 Å². The molecule has 0 fully saturated rings. The Labute approximate surface area is 484 Å². The van der Waals surface area contributed by atoms with Gasteiger partial charge in [0.05, 0.1) is 28.1 Å². The molecule has 4 aliphatic rings. The molecule has 5 nitrogen and oxygen atoms in total. The molecule has 13 aromatic rings. The average molecular weight is 1070 g/mol. The van der Waals surface area contributed by atoms with Crippen LogP contribution in [0, 0.1) is 0 Å². The third-order valence-corrected chi connectivity index (χ3v) is 17.6. The third kappa shape index (κ3) is 7.94. The number of rotatable bonds is 9. The van der Waals surface area contributed by atoms with Gasteiger partial charge in [0.1, 0.15) is 24.0 Å². The van der Waals surface area contributed by atoms with Crippen molar-refractivity contribution in [1.82, 2.24) is 9.55 Å². The zero-order valence-corrected chi connectivity index (χ0v) is 46.5. The van der Waals surface area contributed by atoms with E-state index >= 15 is 0 Å². The molecule has 0 radical (unpaired) electrons. The quantitative estimate of drug-likeness (QED) is 0.144. The molecular weight excluding hydrogens is 1010 g/mol. The summed E-state index contributed by atoms with van der Waals surface area (Å²) in [4.78, 5) is 10.1. The van der Waals surface area contributed by atoms with Crippen molar-refractivity contribution in [3.63, 3.8) is 0 Å². The van der Waals surface area contributed by atoms with E-state index in [9.17, 15) is 0 Å². The molecule has 0 unspecified atom stereocenters. The molecule has 0 spiro atoms. The lowest BCUT2D eigenvalue weighted by atomic mass is 9.60. The van der Waals surface area contributed by atoms with Gasteiger partial charge in [0.15, 0.2) is 0 Å². The van der Waals surface area contributed by atoms with Gasteiger partial charge in [-0.05, 0) is 127 Å². The van der Waals surface area contributed by atoms with E-state index in [1.54, 1.807) is 0 Å². The number of pyridine rings is 1. The van der Waals surface area contributed by atoms with Gasteiger partial charge in [0.25, 0.3) is 0 Å². The SMILES string of the molecule is CC(C)(C)c1ccnc(-n2c3ccccc3c3c4c(c(Oc5cccc(N6CN(c7c(-c8cccc(-c9ccccc9)c8)cccc7-c7cccc(-c8ccccc8)c7)c7ccccc76)c5)cc32)C2c3ccccc3C4c3ccccc32)c1. The molecule has 0 N–H and O–H groups in total. The highest BCUT2D eigenvalue weighted by molar-refractivity contribution is 6.13. The van der Waals surface area contributed by atoms with Gasteiger partial charge in [0, 0.05) is 63.3 Å². The van der Waals surface area contributed by atoms with Crippen LogP contribution in [0.2, 0.25) is 0 Å². The van der Waals surface area contributed by atoms with Crippen LogP contribution in [0.25, 0.3) is 72.1 Å². The summed E-state index contributed by atoms with van der Waals surface area (Å²) in [5.41, 5.74) is 25.2. The Bertz CT molecular complexity index is 4560. The summed E-state index contributed by atoms with van der Waals surface area (Å²) >= 11 is 0. The van der Waals surface area contributed by atoms with Crippen molar-refractivity contribution in [3.05, 3.63) is 312 Å². The van der Waals surface area contributed by atoms with Gasteiger partial charge in [-0.1, -0.05) is 221 Å². The summed E-state index contributed by atoms with van der Waals surface area (Å²) in [6, 6.07) is 97.6. The van der Waals surface area contributed by atoms with Gasteiger partial charge in [-0.3, -0.25) is 4.57 Å². The number of fused-ring (bicyclic) bond motifs is 4. The number of nitrogens with zero attached hydrogens (tertiary/aromatic N) is 4. The van der Waals surface area contributed by atoms with E-state index in [-0.39, 0.29) is 17.3 Å². The largest absolute Gasteiger partial charge is 0.457 e. The summed E-state index contributed by atoms with van der Waals surface area (Å²) in [5, 5.41) is 2.47. The Hall–Kier alpha value is -10.2. The molecule has 3 aliphatic carbocycles. The molecule has 0 amide bonds. The number of hydrogen-bond acceptors (Lipinski definition) is 4. The molecule has 0 atom stereocenters. The highest BCUT2D eigenvalue weighted by Gasteiger charge is 2.45. The number of para-hydroxylation sites is 4. The van der Waals surface area contributed by atoms with Crippen LogP contribution in [-0.2, 0) is 5.41 Å². The molecule has 83 heavy (non-hydrogen) atoms. The Morgan fingerprint density at radius 2 is 0.940 bits per heavy atom. The van der Waals surface area contributed by atoms with Gasteiger partial charge in [-0.25, -0.2) is 4.98 Å². The number of aromatic nitrogens is 2. The van der Waals surface area contributed by atoms with Crippen LogP contribution in [0.15, 0.2) is 273 Å². The van der Waals surface area contributed by atoms with E-state index in [1.165, 1.54) is 72.0 Å². The second-order valence-electron chi connectivity index (χ2n) is 23.4. The van der Waals surface area contributed by atoms with Crippen LogP contribution in [0.3, 0.4) is 0 Å². The van der Waals surface area contributed by atoms with Gasteiger partial charge >= 0.3 is 0 Å². The molecule has 2 aromatic heterocycles. The van der Waals surface area contributed by atoms with Crippen molar-refractivity contribution in [2.24, 2.45) is 0 Å². The number of hydrogen-bond donors (Lipinski definition) is 0. The van der Waals surface area contributed by atoms with Crippen molar-refractivity contribution >= 4 is 44.6 Å². The maximum Gasteiger partial charge on any atom is 0.137 e. The first-order valence-corrected chi connectivity index (χ1v) is 28.9. The standard InChI is InChI=1S/C78H58N4O/c1-78(2,3)56-42-43-79-71(46-56)82-66-39-15-14-36-65(66)74-69(82)48-70(75-72-61-32-10-12-34-63(61)73(76(74)75)64-35-13-11-33-62(64)72)83-58-31-20-30-57(47-58)80-49-81(68-41-17-16-40-67(68)80)77-59(54-28-18-26-52(44-54)50-22-6-4-7-23-50)37-21-38-60(77)55-29-19-27-53(45-55)51-24-8-5-9-25-51/h4-48,72-73H,49H2,1-3H3. The van der Waals surface area contributed by atoms with Crippen molar-refractivity contribution in [1.29, 1.82) is 0 Å². The summed E-state index contributed by atoms with van der Waals surface area (Å²) < 4.78 is 9.98. The van der Waals surface area contributed by atoms with E-state index in [0.29, 0.717) is 6.67 Å². The van der Waals surface area contributed by atoms with Gasteiger partial charge in [-0.15, -0.1) is 0 Å². The van der Waals surface area contributed by atoms with Crippen molar-refractivity contribution in [3.8, 4) is 61.8 Å². The van der Waals surface area contributed by atoms with E-state index in [2.05, 4.69) is 302 Å². The molecule has 2 bridgehead atoms. The molecule has 0 saturated carbocycles. The molecule has 3 heterocycles. The summed E-state index contributed by atoms with van der Waals surface area (Å²) in [6.45, 7) is 7.38. The highest BCUT2D eigenvalue weighted by atomic mass is 16.5. The number of ether oxygens (including phenoxy) is 1. The monoisotopic (exact) mass is 1070 g/mol. The fourth-order valence-corrected chi connectivity index (χ4v) is 13.9. The molecule has 17 rings (SSSR count). The van der Waals surface area contributed by atoms with Crippen LogP contribution >= 0.6 is 0 Å². The van der Waals surface area contributed by atoms with Crippen LogP contribution < -0.4 is 14.5 Å². The van der Waals surface area contributed by atoms with Crippen molar-refractivity contribution < 1.29 is 4.74 Å². The fraction of sp³-hybridized carbons (Fsp3) is 0.0897. The smallest absolute Gasteiger partial charge is 0.137 e. The summed E-state index contributed by atoms with van der Waals surface area (Å²) in [6.07, 6.45) is 1.97. The zero-order chi connectivity index (χ0) is 55.3. The number of benzene rings is 11. The maximum absolute atomic E-state index is 7.61. The van der Waals surface area contributed by atoms with Crippen LogP contribution in [0.1, 0.15) is 71.6 Å². The van der Waals surface area contributed by atoms with Crippen molar-refractivity contribution in [2.45, 2.75) is 38.0 Å². The first kappa shape index (κ1) is 48.7. The molecular formula is C78H58N4O. The molecule has 1 aliphatic heterocycles. The zero-order valence-electron chi connectivity index (χ0n) is 46.5. The Morgan fingerprint density at radius 1 is 0.422 bits per heavy atom. The van der Waals surface area contributed by atoms with Crippen LogP contribution in [-0.4, -0.2) is 16.2 Å². The van der Waals surface area contributed by atoms with E-state index < -0.39 is 0 Å². The predicted octanol–water partition coefficient (Wildman–Crippen LogP) is 20.2. The minimum absolute atomic E-state index is 0.00869. The lowest BCUT2D eigenvalue weighted by Crippen LogP contribution is -2.28. The predicted molar refractivity (Wildman–Crippen MR) is 342 cm³/mol.